The monoisotopic (exact) mass is 681 g/mol. The van der Waals surface area contributed by atoms with Crippen LogP contribution in [-0.2, 0) is 32.6 Å². The van der Waals surface area contributed by atoms with Gasteiger partial charge >= 0.3 is 0 Å². The van der Waals surface area contributed by atoms with E-state index in [1.165, 1.54) is 24.1 Å². The highest BCUT2D eigenvalue weighted by Gasteiger charge is 2.35. The maximum atomic E-state index is 14.6. The van der Waals surface area contributed by atoms with Crippen LogP contribution >= 0.6 is 23.2 Å². The largest absolute Gasteiger partial charge is 0.495 e. The molecule has 8 nitrogen and oxygen atoms in total. The molecule has 0 heterocycles. The first-order chi connectivity index (χ1) is 22.0. The number of rotatable bonds is 14. The normalized spacial score (nSPS) is 12.0. The zero-order chi connectivity index (χ0) is 33.3. The van der Waals surface area contributed by atoms with Crippen molar-refractivity contribution in [2.75, 3.05) is 24.5 Å². The number of anilines is 1. The minimum atomic E-state index is -4.27. The first-order valence-electron chi connectivity index (χ1n) is 14.8. The molecule has 0 aromatic heterocycles. The molecule has 0 bridgehead atoms. The Morgan fingerprint density at radius 1 is 0.870 bits per heavy atom. The Kier molecular flexibility index (Phi) is 12.1. The van der Waals surface area contributed by atoms with Crippen LogP contribution in [0.1, 0.15) is 25.0 Å². The Morgan fingerprint density at radius 2 is 1.50 bits per heavy atom. The van der Waals surface area contributed by atoms with Gasteiger partial charge in [-0.2, -0.15) is 0 Å². The molecular formula is C35H37Cl2N3O5S. The van der Waals surface area contributed by atoms with Crippen LogP contribution in [0.15, 0.2) is 108 Å². The van der Waals surface area contributed by atoms with Crippen LogP contribution in [0.4, 0.5) is 5.69 Å². The van der Waals surface area contributed by atoms with E-state index in [2.05, 4.69) is 5.32 Å². The topological polar surface area (TPSA) is 96.0 Å². The summed E-state index contributed by atoms with van der Waals surface area (Å²) in [5, 5.41) is 3.69. The molecule has 4 aromatic carbocycles. The lowest BCUT2D eigenvalue weighted by Gasteiger charge is -2.34. The SMILES string of the molecule is COc1ccccc1N(CC(=O)N(Cc1ccc(Cl)cc1Cl)C(Cc1ccccc1)C(=O)NCC(C)C)S(=O)(=O)c1ccccc1. The molecule has 0 fully saturated rings. The summed E-state index contributed by atoms with van der Waals surface area (Å²) in [4.78, 5) is 29.9. The second-order valence-corrected chi connectivity index (χ2v) is 13.8. The third-order valence-electron chi connectivity index (χ3n) is 7.28. The fraction of sp³-hybridized carbons (Fsp3) is 0.257. The van der Waals surface area contributed by atoms with Crippen molar-refractivity contribution in [3.8, 4) is 5.75 Å². The maximum absolute atomic E-state index is 14.6. The van der Waals surface area contributed by atoms with Gasteiger partial charge in [0.15, 0.2) is 0 Å². The highest BCUT2D eigenvalue weighted by molar-refractivity contribution is 7.92. The molecule has 4 aromatic rings. The molecular weight excluding hydrogens is 645 g/mol. The summed E-state index contributed by atoms with van der Waals surface area (Å²) in [5.41, 5.74) is 1.55. The number of para-hydroxylation sites is 2. The van der Waals surface area contributed by atoms with Gasteiger partial charge in [-0.25, -0.2) is 8.42 Å². The van der Waals surface area contributed by atoms with E-state index < -0.39 is 28.5 Å². The highest BCUT2D eigenvalue weighted by Crippen LogP contribution is 2.33. The van der Waals surface area contributed by atoms with E-state index in [9.17, 15) is 18.0 Å². The van der Waals surface area contributed by atoms with Gasteiger partial charge in [0.1, 0.15) is 18.3 Å². The predicted molar refractivity (Wildman–Crippen MR) is 183 cm³/mol. The van der Waals surface area contributed by atoms with E-state index in [1.54, 1.807) is 60.7 Å². The number of amides is 2. The smallest absolute Gasteiger partial charge is 0.264 e. The van der Waals surface area contributed by atoms with Crippen LogP contribution in [0.5, 0.6) is 5.75 Å². The fourth-order valence-corrected chi connectivity index (χ4v) is 6.79. The number of nitrogens with zero attached hydrogens (tertiary/aromatic N) is 2. The van der Waals surface area contributed by atoms with E-state index in [0.717, 1.165) is 9.87 Å². The number of carbonyl (C=O) groups excluding carboxylic acids is 2. The summed E-state index contributed by atoms with van der Waals surface area (Å²) >= 11 is 12.7. The van der Waals surface area contributed by atoms with Gasteiger partial charge in [0.05, 0.1) is 17.7 Å². The van der Waals surface area contributed by atoms with Crippen LogP contribution < -0.4 is 14.4 Å². The lowest BCUT2D eigenvalue weighted by molar-refractivity contribution is -0.140. The summed E-state index contributed by atoms with van der Waals surface area (Å²) in [6.45, 7) is 3.65. The molecule has 0 radical (unpaired) electrons. The lowest BCUT2D eigenvalue weighted by Crippen LogP contribution is -2.53. The van der Waals surface area contributed by atoms with Crippen LogP contribution in [0.25, 0.3) is 0 Å². The summed E-state index contributed by atoms with van der Waals surface area (Å²) in [7, 11) is -2.84. The van der Waals surface area contributed by atoms with Gasteiger partial charge in [-0.15, -0.1) is 0 Å². The zero-order valence-electron chi connectivity index (χ0n) is 25.9. The third kappa shape index (κ3) is 8.81. The Hall–Kier alpha value is -4.05. The van der Waals surface area contributed by atoms with E-state index in [-0.39, 0.29) is 41.1 Å². The van der Waals surface area contributed by atoms with E-state index in [0.29, 0.717) is 22.2 Å². The predicted octanol–water partition coefficient (Wildman–Crippen LogP) is 6.61. The van der Waals surface area contributed by atoms with Crippen molar-refractivity contribution < 1.29 is 22.7 Å². The van der Waals surface area contributed by atoms with Crippen molar-refractivity contribution in [2.45, 2.75) is 37.8 Å². The minimum Gasteiger partial charge on any atom is -0.495 e. The van der Waals surface area contributed by atoms with E-state index in [1.807, 2.05) is 44.2 Å². The van der Waals surface area contributed by atoms with Crippen LogP contribution in [-0.4, -0.2) is 51.4 Å². The van der Waals surface area contributed by atoms with Gasteiger partial charge in [-0.05, 0) is 53.4 Å². The number of carbonyl (C=O) groups is 2. The molecule has 46 heavy (non-hydrogen) atoms. The second kappa shape index (κ2) is 16.0. The minimum absolute atomic E-state index is 0.00323. The van der Waals surface area contributed by atoms with Gasteiger partial charge in [-0.3, -0.25) is 13.9 Å². The van der Waals surface area contributed by atoms with Gasteiger partial charge < -0.3 is 15.0 Å². The van der Waals surface area contributed by atoms with E-state index >= 15 is 0 Å². The molecule has 1 atom stereocenters. The number of ether oxygens (including phenoxy) is 1. The van der Waals surface area contributed by atoms with Crippen molar-refractivity contribution in [1.82, 2.24) is 10.2 Å². The van der Waals surface area contributed by atoms with Crippen molar-refractivity contribution in [3.63, 3.8) is 0 Å². The van der Waals surface area contributed by atoms with Gasteiger partial charge in [0.25, 0.3) is 10.0 Å². The van der Waals surface area contributed by atoms with Gasteiger partial charge in [0.2, 0.25) is 11.8 Å². The number of methoxy groups -OCH3 is 1. The Morgan fingerprint density at radius 3 is 2.13 bits per heavy atom. The summed E-state index contributed by atoms with van der Waals surface area (Å²) in [5.74, 6) is -0.561. The number of hydrogen-bond acceptors (Lipinski definition) is 5. The van der Waals surface area contributed by atoms with E-state index in [4.69, 9.17) is 27.9 Å². The summed E-state index contributed by atoms with van der Waals surface area (Å²) in [6.07, 6.45) is 0.182. The standard InChI is InChI=1S/C35H37Cl2N3O5S/c1-25(2)22-38-35(42)32(20-26-12-6-4-7-13-26)39(23-27-18-19-28(36)21-30(27)37)34(41)24-40(31-16-10-11-17-33(31)45-3)46(43,44)29-14-8-5-9-15-29/h4-19,21,25,32H,20,22-24H2,1-3H3,(H,38,42). The molecule has 1 N–H and O–H groups in total. The molecule has 0 aliphatic heterocycles. The molecule has 2 amide bonds. The molecule has 0 spiro atoms. The molecule has 0 aliphatic rings. The Labute approximate surface area is 280 Å². The zero-order valence-corrected chi connectivity index (χ0v) is 28.2. The molecule has 0 aliphatic carbocycles. The number of halogens is 2. The first-order valence-corrected chi connectivity index (χ1v) is 17.0. The average Bonchev–Trinajstić information content (AvgIpc) is 3.05. The van der Waals surface area contributed by atoms with Crippen molar-refractivity contribution in [3.05, 3.63) is 124 Å². The number of benzene rings is 4. The van der Waals surface area contributed by atoms with Gasteiger partial charge in [0, 0.05) is 29.6 Å². The van der Waals surface area contributed by atoms with Crippen LogP contribution in [0, 0.1) is 5.92 Å². The van der Waals surface area contributed by atoms with Crippen molar-refractivity contribution in [2.24, 2.45) is 5.92 Å². The lowest BCUT2D eigenvalue weighted by atomic mass is 10.0. The Balaban J connectivity index is 1.84. The summed E-state index contributed by atoms with van der Waals surface area (Å²) in [6, 6.07) is 27.7. The van der Waals surface area contributed by atoms with Crippen molar-refractivity contribution in [1.29, 1.82) is 0 Å². The average molecular weight is 683 g/mol. The molecule has 0 saturated carbocycles. The molecule has 242 valence electrons. The molecule has 4 rings (SSSR count). The fourth-order valence-electron chi connectivity index (χ4n) is 4.88. The summed E-state index contributed by atoms with van der Waals surface area (Å²) < 4.78 is 34.9. The molecule has 1 unspecified atom stereocenters. The van der Waals surface area contributed by atoms with Crippen LogP contribution in [0.2, 0.25) is 10.0 Å². The van der Waals surface area contributed by atoms with Gasteiger partial charge in [-0.1, -0.05) is 104 Å². The number of sulfonamides is 1. The molecule has 0 saturated heterocycles. The first kappa shape index (κ1) is 34.8. The quantitative estimate of drug-likeness (QED) is 0.162. The maximum Gasteiger partial charge on any atom is 0.264 e. The molecule has 11 heteroatoms. The third-order valence-corrected chi connectivity index (χ3v) is 9.64. The number of hydrogen-bond donors (Lipinski definition) is 1. The van der Waals surface area contributed by atoms with Crippen LogP contribution in [0.3, 0.4) is 0 Å². The highest BCUT2D eigenvalue weighted by atomic mass is 35.5. The Bertz CT molecular complexity index is 1740. The second-order valence-electron chi connectivity index (χ2n) is 11.1. The number of nitrogens with one attached hydrogen (secondary N) is 1. The van der Waals surface area contributed by atoms with Crippen molar-refractivity contribution >= 4 is 50.7 Å².